The first-order chi connectivity index (χ1) is 12.9. The molecule has 0 aliphatic heterocycles. The molecule has 1 aromatic carbocycles. The van der Waals surface area contributed by atoms with Gasteiger partial charge in [0.05, 0.1) is 12.3 Å². The minimum atomic E-state index is -3.42. The molecular formula is C19H34IN5O3S. The maximum absolute atomic E-state index is 12.2. The summed E-state index contributed by atoms with van der Waals surface area (Å²) < 4.78 is 27.1. The lowest BCUT2D eigenvalue weighted by Gasteiger charge is -2.21. The van der Waals surface area contributed by atoms with Gasteiger partial charge in [-0.1, -0.05) is 24.3 Å². The Morgan fingerprint density at radius 3 is 2.21 bits per heavy atom. The van der Waals surface area contributed by atoms with Crippen molar-refractivity contribution in [3.8, 4) is 0 Å². The Morgan fingerprint density at radius 1 is 1.10 bits per heavy atom. The lowest BCUT2D eigenvalue weighted by molar-refractivity contribution is -0.121. The summed E-state index contributed by atoms with van der Waals surface area (Å²) in [5, 5.41) is 8.93. The summed E-state index contributed by atoms with van der Waals surface area (Å²) in [4.78, 5) is 16.0. The van der Waals surface area contributed by atoms with E-state index in [1.54, 1.807) is 27.0 Å². The average molecular weight is 539 g/mol. The molecule has 0 unspecified atom stereocenters. The van der Waals surface area contributed by atoms with Crippen molar-refractivity contribution < 1.29 is 13.2 Å². The van der Waals surface area contributed by atoms with Gasteiger partial charge >= 0.3 is 0 Å². The molecule has 0 fully saturated rings. The van der Waals surface area contributed by atoms with Crippen molar-refractivity contribution in [1.82, 2.24) is 20.7 Å². The molecule has 29 heavy (non-hydrogen) atoms. The van der Waals surface area contributed by atoms with Crippen LogP contribution in [0.5, 0.6) is 0 Å². The van der Waals surface area contributed by atoms with Gasteiger partial charge in [-0.05, 0) is 45.7 Å². The predicted octanol–water partition coefficient (Wildman–Crippen LogP) is 1.71. The number of hydrogen-bond donors (Lipinski definition) is 4. The van der Waals surface area contributed by atoms with Gasteiger partial charge in [-0.3, -0.25) is 9.79 Å². The number of sulfonamides is 1. The summed E-state index contributed by atoms with van der Waals surface area (Å²) in [5.74, 6) is 0.229. The lowest BCUT2D eigenvalue weighted by atomic mass is 10.1. The molecule has 1 rings (SSSR count). The van der Waals surface area contributed by atoms with E-state index >= 15 is 0 Å². The molecule has 10 heteroatoms. The zero-order valence-electron chi connectivity index (χ0n) is 18.0. The van der Waals surface area contributed by atoms with Crippen LogP contribution in [0.25, 0.3) is 0 Å². The fourth-order valence-electron chi connectivity index (χ4n) is 2.50. The van der Waals surface area contributed by atoms with E-state index in [0.29, 0.717) is 18.1 Å². The molecule has 0 atom stereocenters. The molecule has 4 N–H and O–H groups in total. The van der Waals surface area contributed by atoms with Crippen LogP contribution in [0, 0.1) is 0 Å². The number of carbonyl (C=O) groups excluding carboxylic acids is 1. The fourth-order valence-corrected chi connectivity index (χ4v) is 3.99. The van der Waals surface area contributed by atoms with Crippen LogP contribution in [0.3, 0.4) is 0 Å². The van der Waals surface area contributed by atoms with Gasteiger partial charge in [0, 0.05) is 25.2 Å². The van der Waals surface area contributed by atoms with Crippen LogP contribution in [0.2, 0.25) is 0 Å². The second-order valence-corrected chi connectivity index (χ2v) is 9.63. The minimum Gasteiger partial charge on any atom is -0.352 e. The quantitative estimate of drug-likeness (QED) is 0.229. The highest BCUT2D eigenvalue weighted by atomic mass is 127. The third-order valence-corrected chi connectivity index (χ3v) is 5.00. The van der Waals surface area contributed by atoms with Crippen molar-refractivity contribution in [1.29, 1.82) is 0 Å². The number of hydrogen-bond acceptors (Lipinski definition) is 4. The van der Waals surface area contributed by atoms with Crippen LogP contribution in [-0.4, -0.2) is 45.5 Å². The predicted molar refractivity (Wildman–Crippen MR) is 129 cm³/mol. The molecule has 0 saturated carbocycles. The maximum atomic E-state index is 12.2. The number of guanidine groups is 1. The average Bonchev–Trinajstić information content (AvgIpc) is 2.53. The smallest absolute Gasteiger partial charge is 0.239 e. The minimum absolute atomic E-state index is 0. The van der Waals surface area contributed by atoms with Crippen molar-refractivity contribution >= 4 is 45.9 Å². The topological polar surface area (TPSA) is 112 Å². The Morgan fingerprint density at radius 2 is 1.69 bits per heavy atom. The first kappa shape index (κ1) is 27.6. The van der Waals surface area contributed by atoms with E-state index < -0.39 is 10.0 Å². The summed E-state index contributed by atoms with van der Waals surface area (Å²) >= 11 is 0. The summed E-state index contributed by atoms with van der Waals surface area (Å²) in [6.45, 7) is 9.79. The van der Waals surface area contributed by atoms with Crippen molar-refractivity contribution in [2.24, 2.45) is 4.99 Å². The molecule has 1 amide bonds. The summed E-state index contributed by atoms with van der Waals surface area (Å²) in [5.41, 5.74) is 1.26. The van der Waals surface area contributed by atoms with Gasteiger partial charge in [0.15, 0.2) is 5.96 Å². The van der Waals surface area contributed by atoms with E-state index in [1.807, 2.05) is 39.0 Å². The Labute approximate surface area is 191 Å². The van der Waals surface area contributed by atoms with Crippen molar-refractivity contribution in [3.63, 3.8) is 0 Å². The Hall–Kier alpha value is -1.40. The largest absolute Gasteiger partial charge is 0.352 e. The molecule has 0 spiro atoms. The first-order valence-corrected chi connectivity index (χ1v) is 10.9. The Balaban J connectivity index is 0.00000784. The zero-order valence-corrected chi connectivity index (χ0v) is 21.1. The van der Waals surface area contributed by atoms with Gasteiger partial charge in [0.1, 0.15) is 0 Å². The third kappa shape index (κ3) is 12.0. The molecular weight excluding hydrogens is 505 g/mol. The van der Waals surface area contributed by atoms with Gasteiger partial charge in [-0.2, -0.15) is 0 Å². The van der Waals surface area contributed by atoms with Crippen LogP contribution in [-0.2, 0) is 27.1 Å². The molecule has 0 aromatic heterocycles. The molecule has 0 bridgehead atoms. The Bertz CT molecular complexity index is 789. The van der Waals surface area contributed by atoms with Crippen molar-refractivity contribution in [2.45, 2.75) is 58.5 Å². The fraction of sp³-hybridized carbons (Fsp3) is 0.579. The van der Waals surface area contributed by atoms with Crippen LogP contribution in [0.4, 0.5) is 0 Å². The number of amides is 1. The molecule has 0 aliphatic rings. The van der Waals surface area contributed by atoms with Gasteiger partial charge in [0.2, 0.25) is 15.9 Å². The highest BCUT2D eigenvalue weighted by Crippen LogP contribution is 2.12. The summed E-state index contributed by atoms with van der Waals surface area (Å²) in [6, 6.07) is 7.18. The van der Waals surface area contributed by atoms with Crippen LogP contribution in [0.1, 0.15) is 45.7 Å². The van der Waals surface area contributed by atoms with E-state index in [-0.39, 0.29) is 53.8 Å². The van der Waals surface area contributed by atoms with Crippen molar-refractivity contribution in [2.75, 3.05) is 13.6 Å². The van der Waals surface area contributed by atoms with Crippen LogP contribution < -0.4 is 20.7 Å². The first-order valence-electron chi connectivity index (χ1n) is 9.24. The molecule has 0 aliphatic carbocycles. The van der Waals surface area contributed by atoms with E-state index in [4.69, 9.17) is 0 Å². The van der Waals surface area contributed by atoms with E-state index in [9.17, 15) is 13.2 Å². The number of nitrogens with one attached hydrogen (secondary N) is 4. The SMILES string of the molecule is CN=C(NCC(=O)NC(C)(C)C)NCc1ccccc1CS(=O)(=O)NC(C)C.I. The van der Waals surface area contributed by atoms with E-state index in [1.165, 1.54) is 0 Å². The highest BCUT2D eigenvalue weighted by Gasteiger charge is 2.16. The number of aliphatic imine (C=N–C) groups is 1. The molecule has 166 valence electrons. The van der Waals surface area contributed by atoms with Gasteiger partial charge in [-0.15, -0.1) is 24.0 Å². The second-order valence-electron chi connectivity index (χ2n) is 7.88. The molecule has 0 saturated heterocycles. The Kier molecular flexibility index (Phi) is 11.7. The number of halogens is 1. The van der Waals surface area contributed by atoms with E-state index in [2.05, 4.69) is 25.7 Å². The number of nitrogens with zero attached hydrogens (tertiary/aromatic N) is 1. The molecule has 8 nitrogen and oxygen atoms in total. The standard InChI is InChI=1S/C19H33N5O3S.HI/c1-14(2)24-28(26,27)13-16-10-8-7-9-15(16)11-21-18(20-6)22-12-17(25)23-19(3,4)5;/h7-10,14,24H,11-13H2,1-6H3,(H,23,25)(H2,20,21,22);1H. The summed E-state index contributed by atoms with van der Waals surface area (Å²) in [7, 11) is -1.80. The van der Waals surface area contributed by atoms with Gasteiger partial charge in [-0.25, -0.2) is 13.1 Å². The number of rotatable bonds is 8. The van der Waals surface area contributed by atoms with E-state index in [0.717, 1.165) is 5.56 Å². The zero-order chi connectivity index (χ0) is 21.4. The highest BCUT2D eigenvalue weighted by molar-refractivity contribution is 14.0. The molecule has 0 radical (unpaired) electrons. The normalized spacial score (nSPS) is 12.3. The lowest BCUT2D eigenvalue weighted by Crippen LogP contribution is -2.48. The van der Waals surface area contributed by atoms with Crippen LogP contribution in [0.15, 0.2) is 29.3 Å². The number of benzene rings is 1. The molecule has 0 heterocycles. The maximum Gasteiger partial charge on any atom is 0.239 e. The van der Waals surface area contributed by atoms with Gasteiger partial charge < -0.3 is 16.0 Å². The summed E-state index contributed by atoms with van der Waals surface area (Å²) in [6.07, 6.45) is 0. The second kappa shape index (κ2) is 12.3. The van der Waals surface area contributed by atoms with Crippen molar-refractivity contribution in [3.05, 3.63) is 35.4 Å². The van der Waals surface area contributed by atoms with Crippen LogP contribution >= 0.6 is 24.0 Å². The monoisotopic (exact) mass is 539 g/mol. The third-order valence-electron chi connectivity index (χ3n) is 3.48. The number of carbonyl (C=O) groups is 1. The van der Waals surface area contributed by atoms with Gasteiger partial charge in [0.25, 0.3) is 0 Å². The molecule has 1 aromatic rings.